The fourth-order valence-corrected chi connectivity index (χ4v) is 1.18. The van der Waals surface area contributed by atoms with Crippen molar-refractivity contribution in [2.24, 2.45) is 0 Å². The summed E-state index contributed by atoms with van der Waals surface area (Å²) < 4.78 is 4.84. The van der Waals surface area contributed by atoms with Crippen molar-refractivity contribution in [1.82, 2.24) is 4.90 Å². The molecule has 1 aliphatic heterocycles. The van der Waals surface area contributed by atoms with Gasteiger partial charge in [-0.25, -0.2) is 0 Å². The highest BCUT2D eigenvalue weighted by molar-refractivity contribution is 5.72. The summed E-state index contributed by atoms with van der Waals surface area (Å²) in [5.41, 5.74) is 0. The van der Waals surface area contributed by atoms with Gasteiger partial charge in [-0.15, -0.1) is 0 Å². The molecule has 1 heterocycles. The molecule has 4 heteroatoms. The average Bonchev–Trinajstić information content (AvgIpc) is 2.07. The maximum absolute atomic E-state index is 10.8. The molecule has 0 N–H and O–H groups in total. The van der Waals surface area contributed by atoms with Gasteiger partial charge in [0.25, 0.3) is 0 Å². The lowest BCUT2D eigenvalue weighted by atomic mass is 10.2. The van der Waals surface area contributed by atoms with Gasteiger partial charge in [0.2, 0.25) is 0 Å². The van der Waals surface area contributed by atoms with Crippen molar-refractivity contribution in [3.05, 3.63) is 0 Å². The van der Waals surface area contributed by atoms with Gasteiger partial charge < -0.3 is 4.74 Å². The van der Waals surface area contributed by atoms with Gasteiger partial charge in [0.1, 0.15) is 6.61 Å². The lowest BCUT2D eigenvalue weighted by Crippen LogP contribution is -2.46. The molecule has 0 radical (unpaired) electrons. The van der Waals surface area contributed by atoms with Crippen LogP contribution in [0.5, 0.6) is 0 Å². The fourth-order valence-electron chi connectivity index (χ4n) is 1.18. The summed E-state index contributed by atoms with van der Waals surface area (Å²) in [7, 11) is 0. The van der Waals surface area contributed by atoms with E-state index in [1.807, 2.05) is 11.8 Å². The Hall–Kier alpha value is -1.08. The van der Waals surface area contributed by atoms with Crippen LogP contribution in [0.15, 0.2) is 0 Å². The zero-order valence-electron chi connectivity index (χ0n) is 7.12. The predicted octanol–water partition coefficient (Wildman–Crippen LogP) is 0.147. The Labute approximate surface area is 71.7 Å². The third-order valence-corrected chi connectivity index (χ3v) is 1.95. The second kappa shape index (κ2) is 4.07. The molecule has 0 aromatic heterocycles. The minimum Gasteiger partial charge on any atom is -0.463 e. The Kier molecular flexibility index (Phi) is 3.06. The first-order chi connectivity index (χ1) is 5.74. The van der Waals surface area contributed by atoms with Crippen molar-refractivity contribution in [3.8, 4) is 6.07 Å². The summed E-state index contributed by atoms with van der Waals surface area (Å²) >= 11 is 0. The van der Waals surface area contributed by atoms with Crippen LogP contribution in [0, 0.1) is 11.3 Å². The van der Waals surface area contributed by atoms with Gasteiger partial charge in [-0.2, -0.15) is 5.26 Å². The lowest BCUT2D eigenvalue weighted by Gasteiger charge is -2.31. The first kappa shape index (κ1) is 9.01. The van der Waals surface area contributed by atoms with Crippen LogP contribution in [0.4, 0.5) is 0 Å². The number of rotatable bonds is 2. The van der Waals surface area contributed by atoms with E-state index < -0.39 is 0 Å². The first-order valence-corrected chi connectivity index (χ1v) is 4.00. The van der Waals surface area contributed by atoms with Crippen LogP contribution < -0.4 is 0 Å². The monoisotopic (exact) mass is 168 g/mol. The predicted molar refractivity (Wildman–Crippen MR) is 42.2 cm³/mol. The van der Waals surface area contributed by atoms with Crippen LogP contribution >= 0.6 is 0 Å². The number of morpholine rings is 1. The number of hydrogen-bond acceptors (Lipinski definition) is 4. The highest BCUT2D eigenvalue weighted by Gasteiger charge is 2.23. The summed E-state index contributed by atoms with van der Waals surface area (Å²) in [4.78, 5) is 12.8. The minimum atomic E-state index is -0.189. The Morgan fingerprint density at radius 3 is 3.25 bits per heavy atom. The fraction of sp³-hybridized carbons (Fsp3) is 0.750. The van der Waals surface area contributed by atoms with E-state index in [2.05, 4.69) is 6.07 Å². The molecule has 0 saturated carbocycles. The minimum absolute atomic E-state index is 0.189. The molecule has 1 aliphatic rings. The molecule has 0 aromatic carbocycles. The van der Waals surface area contributed by atoms with Gasteiger partial charge in [0, 0.05) is 19.0 Å². The molecule has 0 amide bonds. The van der Waals surface area contributed by atoms with Gasteiger partial charge in [-0.1, -0.05) is 0 Å². The molecule has 0 aromatic rings. The third-order valence-electron chi connectivity index (χ3n) is 1.95. The van der Waals surface area contributed by atoms with Crippen molar-refractivity contribution in [1.29, 1.82) is 5.26 Å². The molecule has 66 valence electrons. The molecule has 0 spiro atoms. The molecule has 0 bridgehead atoms. The highest BCUT2D eigenvalue weighted by atomic mass is 16.5. The van der Waals surface area contributed by atoms with E-state index in [0.717, 1.165) is 0 Å². The topological polar surface area (TPSA) is 53.3 Å². The SMILES string of the molecule is CC1COC(=O)CN1CCC#N. The standard InChI is InChI=1S/C8H12N2O2/c1-7-6-12-8(11)5-10(7)4-2-3-9/h7H,2,4-6H2,1H3. The maximum atomic E-state index is 10.8. The number of esters is 1. The van der Waals surface area contributed by atoms with Crippen LogP contribution in [0.3, 0.4) is 0 Å². The van der Waals surface area contributed by atoms with Gasteiger partial charge in [-0.3, -0.25) is 9.69 Å². The summed E-state index contributed by atoms with van der Waals surface area (Å²) in [5.74, 6) is -0.189. The molecule has 1 atom stereocenters. The van der Waals surface area contributed by atoms with Crippen molar-refractivity contribution < 1.29 is 9.53 Å². The van der Waals surface area contributed by atoms with Gasteiger partial charge in [0.15, 0.2) is 0 Å². The number of carbonyl (C=O) groups is 1. The van der Waals surface area contributed by atoms with Crippen molar-refractivity contribution >= 4 is 5.97 Å². The van der Waals surface area contributed by atoms with E-state index in [1.165, 1.54) is 0 Å². The summed E-state index contributed by atoms with van der Waals surface area (Å²) in [6.45, 7) is 3.42. The Morgan fingerprint density at radius 1 is 1.83 bits per heavy atom. The largest absolute Gasteiger partial charge is 0.463 e. The van der Waals surface area contributed by atoms with Gasteiger partial charge >= 0.3 is 5.97 Å². The van der Waals surface area contributed by atoms with Crippen molar-refractivity contribution in [2.75, 3.05) is 19.7 Å². The molecule has 4 nitrogen and oxygen atoms in total. The number of ether oxygens (including phenoxy) is 1. The molecule has 12 heavy (non-hydrogen) atoms. The zero-order chi connectivity index (χ0) is 8.97. The van der Waals surface area contributed by atoms with Crippen molar-refractivity contribution in [3.63, 3.8) is 0 Å². The zero-order valence-corrected chi connectivity index (χ0v) is 7.12. The molecule has 1 fully saturated rings. The maximum Gasteiger partial charge on any atom is 0.320 e. The van der Waals surface area contributed by atoms with E-state index >= 15 is 0 Å². The lowest BCUT2D eigenvalue weighted by molar-refractivity contribution is -0.153. The smallest absolute Gasteiger partial charge is 0.320 e. The van der Waals surface area contributed by atoms with Crippen LogP contribution in [-0.2, 0) is 9.53 Å². The second-order valence-corrected chi connectivity index (χ2v) is 2.91. The van der Waals surface area contributed by atoms with E-state index in [-0.39, 0.29) is 12.0 Å². The Bertz CT molecular complexity index is 210. The molecular weight excluding hydrogens is 156 g/mol. The Morgan fingerprint density at radius 2 is 2.58 bits per heavy atom. The molecular formula is C8H12N2O2. The van der Waals surface area contributed by atoms with E-state index in [9.17, 15) is 4.79 Å². The number of cyclic esters (lactones) is 1. The molecule has 1 unspecified atom stereocenters. The number of hydrogen-bond donors (Lipinski definition) is 0. The second-order valence-electron chi connectivity index (χ2n) is 2.91. The quantitative estimate of drug-likeness (QED) is 0.551. The van der Waals surface area contributed by atoms with Crippen LogP contribution in [0.2, 0.25) is 0 Å². The Balaban J connectivity index is 2.39. The van der Waals surface area contributed by atoms with E-state index in [1.54, 1.807) is 0 Å². The normalized spacial score (nSPS) is 24.7. The molecule has 1 saturated heterocycles. The summed E-state index contributed by atoms with van der Waals surface area (Å²) in [6.07, 6.45) is 0.470. The molecule has 0 aliphatic carbocycles. The van der Waals surface area contributed by atoms with E-state index in [0.29, 0.717) is 26.1 Å². The number of nitrogens with zero attached hydrogens (tertiary/aromatic N) is 2. The first-order valence-electron chi connectivity index (χ1n) is 4.00. The average molecular weight is 168 g/mol. The van der Waals surface area contributed by atoms with Crippen LogP contribution in [0.1, 0.15) is 13.3 Å². The van der Waals surface area contributed by atoms with Crippen LogP contribution in [-0.4, -0.2) is 36.6 Å². The number of carbonyl (C=O) groups excluding carboxylic acids is 1. The third kappa shape index (κ3) is 2.21. The molecule has 1 rings (SSSR count). The summed E-state index contributed by atoms with van der Waals surface area (Å²) in [6, 6.07) is 2.30. The summed E-state index contributed by atoms with van der Waals surface area (Å²) in [5, 5.41) is 8.36. The number of nitriles is 1. The van der Waals surface area contributed by atoms with E-state index in [4.69, 9.17) is 10.00 Å². The van der Waals surface area contributed by atoms with Crippen LogP contribution in [0.25, 0.3) is 0 Å². The highest BCUT2D eigenvalue weighted by Crippen LogP contribution is 2.06. The van der Waals surface area contributed by atoms with Crippen molar-refractivity contribution in [2.45, 2.75) is 19.4 Å². The van der Waals surface area contributed by atoms with Gasteiger partial charge in [-0.05, 0) is 6.92 Å². The van der Waals surface area contributed by atoms with Gasteiger partial charge in [0.05, 0.1) is 12.6 Å².